The first-order valence-corrected chi connectivity index (χ1v) is 4.06. The van der Waals surface area contributed by atoms with Gasteiger partial charge in [-0.25, -0.2) is 9.78 Å². The summed E-state index contributed by atoms with van der Waals surface area (Å²) in [6, 6.07) is 0. The van der Waals surface area contributed by atoms with E-state index in [4.69, 9.17) is 5.11 Å². The molecule has 2 aromatic rings. The normalized spacial score (nSPS) is 10.5. The molecule has 0 aliphatic rings. The van der Waals surface area contributed by atoms with E-state index in [1.54, 1.807) is 0 Å². The Morgan fingerprint density at radius 1 is 1.54 bits per heavy atom. The first-order valence-electron chi connectivity index (χ1n) is 3.27. The first-order chi connectivity index (χ1) is 6.20. The van der Waals surface area contributed by atoms with Gasteiger partial charge in [-0.2, -0.15) is 0 Å². The predicted octanol–water partition coefficient (Wildman–Crippen LogP) is 0.585. The second-order valence-electron chi connectivity index (χ2n) is 2.27. The molecule has 0 bridgehead atoms. The molecule has 0 fully saturated rings. The minimum Gasteiger partial charge on any atom is -0.476 e. The van der Waals surface area contributed by atoms with Gasteiger partial charge in [0.25, 0.3) is 0 Å². The van der Waals surface area contributed by atoms with Crippen molar-refractivity contribution in [1.82, 2.24) is 19.6 Å². The van der Waals surface area contributed by atoms with Crippen molar-refractivity contribution in [3.63, 3.8) is 0 Å². The van der Waals surface area contributed by atoms with E-state index in [2.05, 4.69) is 31.1 Å². The topological polar surface area (TPSA) is 80.4 Å². The number of carbonyl (C=O) groups is 1. The lowest BCUT2D eigenvalue weighted by molar-refractivity contribution is 0.0689. The third kappa shape index (κ3) is 1.17. The Balaban J connectivity index is 2.80. The highest BCUT2D eigenvalue weighted by Crippen LogP contribution is 2.18. The van der Waals surface area contributed by atoms with Crippen LogP contribution in [0.25, 0.3) is 5.65 Å². The molecule has 0 atom stereocenters. The number of halogens is 1. The molecule has 2 heterocycles. The van der Waals surface area contributed by atoms with Crippen molar-refractivity contribution < 1.29 is 9.90 Å². The molecule has 0 saturated heterocycles. The van der Waals surface area contributed by atoms with Crippen LogP contribution >= 0.6 is 15.9 Å². The summed E-state index contributed by atoms with van der Waals surface area (Å²) in [5.41, 5.74) is 0.368. The van der Waals surface area contributed by atoms with Gasteiger partial charge in [-0.3, -0.25) is 4.40 Å². The van der Waals surface area contributed by atoms with Crippen LogP contribution in [-0.2, 0) is 0 Å². The molecule has 0 radical (unpaired) electrons. The maximum atomic E-state index is 10.6. The SMILES string of the molecule is O=C(O)c1ncn2cnnc2c1Br. The summed E-state index contributed by atoms with van der Waals surface area (Å²) in [6.45, 7) is 0. The molecule has 0 aliphatic heterocycles. The highest BCUT2D eigenvalue weighted by molar-refractivity contribution is 9.10. The Morgan fingerprint density at radius 2 is 2.31 bits per heavy atom. The quantitative estimate of drug-likeness (QED) is 0.792. The first kappa shape index (κ1) is 8.11. The van der Waals surface area contributed by atoms with Crippen LogP contribution in [-0.4, -0.2) is 30.7 Å². The van der Waals surface area contributed by atoms with Crippen LogP contribution in [0.2, 0.25) is 0 Å². The van der Waals surface area contributed by atoms with Crippen LogP contribution in [0.5, 0.6) is 0 Å². The third-order valence-corrected chi connectivity index (χ3v) is 2.22. The number of rotatable bonds is 1. The van der Waals surface area contributed by atoms with E-state index in [-0.39, 0.29) is 5.69 Å². The summed E-state index contributed by atoms with van der Waals surface area (Å²) < 4.78 is 1.86. The fraction of sp³-hybridized carbons (Fsp3) is 0. The van der Waals surface area contributed by atoms with Crippen LogP contribution in [0.1, 0.15) is 10.5 Å². The van der Waals surface area contributed by atoms with Gasteiger partial charge in [0.1, 0.15) is 12.7 Å². The lowest BCUT2D eigenvalue weighted by atomic mass is 10.4. The molecule has 13 heavy (non-hydrogen) atoms. The standard InChI is InChI=1S/C6H3BrN4O2/c7-3-4(6(12)13)8-1-11-2-9-10-5(3)11/h1-2H,(H,12,13). The average molecular weight is 243 g/mol. The average Bonchev–Trinajstić information content (AvgIpc) is 2.52. The minimum absolute atomic E-state index is 0.0690. The highest BCUT2D eigenvalue weighted by Gasteiger charge is 2.14. The smallest absolute Gasteiger partial charge is 0.355 e. The number of hydrogen-bond donors (Lipinski definition) is 1. The number of fused-ring (bicyclic) bond motifs is 1. The van der Waals surface area contributed by atoms with E-state index in [1.807, 2.05) is 0 Å². The Bertz CT molecular complexity index is 480. The van der Waals surface area contributed by atoms with Crippen molar-refractivity contribution in [3.05, 3.63) is 22.8 Å². The molecule has 0 spiro atoms. The minimum atomic E-state index is -1.10. The molecule has 1 N–H and O–H groups in total. The molecule has 6 nitrogen and oxygen atoms in total. The highest BCUT2D eigenvalue weighted by atomic mass is 79.9. The second kappa shape index (κ2) is 2.77. The van der Waals surface area contributed by atoms with Crippen LogP contribution in [0.4, 0.5) is 0 Å². The molecular formula is C6H3BrN4O2. The zero-order valence-corrected chi connectivity index (χ0v) is 7.76. The Labute approximate surface area is 80.4 Å². The van der Waals surface area contributed by atoms with Gasteiger partial charge in [0, 0.05) is 0 Å². The Morgan fingerprint density at radius 3 is 3.00 bits per heavy atom. The fourth-order valence-electron chi connectivity index (χ4n) is 0.916. The van der Waals surface area contributed by atoms with Crippen LogP contribution in [0.3, 0.4) is 0 Å². The lowest BCUT2D eigenvalue weighted by Crippen LogP contribution is -2.03. The molecule has 2 rings (SSSR count). The van der Waals surface area contributed by atoms with Gasteiger partial charge < -0.3 is 5.11 Å². The number of hydrogen-bond acceptors (Lipinski definition) is 4. The van der Waals surface area contributed by atoms with E-state index in [0.29, 0.717) is 10.1 Å². The van der Waals surface area contributed by atoms with Crippen molar-refractivity contribution in [2.24, 2.45) is 0 Å². The number of carboxylic acid groups (broad SMARTS) is 1. The van der Waals surface area contributed by atoms with E-state index in [9.17, 15) is 4.79 Å². The van der Waals surface area contributed by atoms with Gasteiger partial charge in [-0.05, 0) is 15.9 Å². The van der Waals surface area contributed by atoms with Gasteiger partial charge in [0.05, 0.1) is 4.47 Å². The predicted molar refractivity (Wildman–Crippen MR) is 45.4 cm³/mol. The van der Waals surface area contributed by atoms with Gasteiger partial charge >= 0.3 is 5.97 Å². The Kier molecular flexibility index (Phi) is 1.73. The van der Waals surface area contributed by atoms with E-state index in [1.165, 1.54) is 17.1 Å². The lowest BCUT2D eigenvalue weighted by Gasteiger charge is -1.97. The molecule has 0 unspecified atom stereocenters. The van der Waals surface area contributed by atoms with Crippen LogP contribution in [0.15, 0.2) is 17.1 Å². The molecule has 2 aromatic heterocycles. The molecule has 7 heteroatoms. The summed E-state index contributed by atoms with van der Waals surface area (Å²) in [5.74, 6) is -1.10. The van der Waals surface area contributed by atoms with Gasteiger partial charge in [0.2, 0.25) is 0 Å². The summed E-state index contributed by atoms with van der Waals surface area (Å²) in [4.78, 5) is 14.4. The number of nitrogens with zero attached hydrogens (tertiary/aromatic N) is 4. The maximum absolute atomic E-state index is 10.6. The monoisotopic (exact) mass is 242 g/mol. The number of aromatic carboxylic acids is 1. The second-order valence-corrected chi connectivity index (χ2v) is 3.07. The molecular weight excluding hydrogens is 240 g/mol. The van der Waals surface area contributed by atoms with Crippen LogP contribution in [0, 0.1) is 0 Å². The van der Waals surface area contributed by atoms with Crippen molar-refractivity contribution in [2.75, 3.05) is 0 Å². The molecule has 0 aromatic carbocycles. The van der Waals surface area contributed by atoms with Gasteiger partial charge in [-0.15, -0.1) is 10.2 Å². The van der Waals surface area contributed by atoms with Gasteiger partial charge in [-0.1, -0.05) is 0 Å². The molecule has 66 valence electrons. The van der Waals surface area contributed by atoms with Crippen molar-refractivity contribution in [2.45, 2.75) is 0 Å². The molecule has 0 amide bonds. The molecule has 0 aliphatic carbocycles. The fourth-order valence-corrected chi connectivity index (χ4v) is 1.47. The Hall–Kier alpha value is -1.50. The zero-order valence-electron chi connectivity index (χ0n) is 6.18. The van der Waals surface area contributed by atoms with E-state index in [0.717, 1.165) is 0 Å². The van der Waals surface area contributed by atoms with Crippen molar-refractivity contribution >= 4 is 27.5 Å². The van der Waals surface area contributed by atoms with E-state index >= 15 is 0 Å². The number of carboxylic acids is 1. The van der Waals surface area contributed by atoms with Crippen molar-refractivity contribution in [3.8, 4) is 0 Å². The third-order valence-electron chi connectivity index (χ3n) is 1.49. The summed E-state index contributed by atoms with van der Waals surface area (Å²) in [5, 5.41) is 16.0. The zero-order chi connectivity index (χ0) is 9.42. The van der Waals surface area contributed by atoms with Crippen LogP contribution < -0.4 is 0 Å². The maximum Gasteiger partial charge on any atom is 0.355 e. The van der Waals surface area contributed by atoms with Crippen molar-refractivity contribution in [1.29, 1.82) is 0 Å². The molecule has 0 saturated carbocycles. The number of aromatic nitrogens is 4. The largest absolute Gasteiger partial charge is 0.476 e. The summed E-state index contributed by atoms with van der Waals surface area (Å²) in [7, 11) is 0. The van der Waals surface area contributed by atoms with E-state index < -0.39 is 5.97 Å². The summed E-state index contributed by atoms with van der Waals surface area (Å²) in [6.07, 6.45) is 2.79. The summed E-state index contributed by atoms with van der Waals surface area (Å²) >= 11 is 3.09. The van der Waals surface area contributed by atoms with Gasteiger partial charge in [0.15, 0.2) is 11.3 Å².